The third-order valence-electron chi connectivity index (χ3n) is 4.50. The number of rotatable bonds is 2. The summed E-state index contributed by atoms with van der Waals surface area (Å²) in [7, 11) is 0. The Kier molecular flexibility index (Phi) is 2.15. The van der Waals surface area contributed by atoms with Gasteiger partial charge in [-0.05, 0) is 39.0 Å². The van der Waals surface area contributed by atoms with Crippen molar-refractivity contribution in [1.82, 2.24) is 10.2 Å². The summed E-state index contributed by atoms with van der Waals surface area (Å²) in [5.41, 5.74) is -0.0299. The van der Waals surface area contributed by atoms with E-state index in [4.69, 9.17) is 5.11 Å². The summed E-state index contributed by atoms with van der Waals surface area (Å²) in [6, 6.07) is 0.00421. The van der Waals surface area contributed by atoms with Gasteiger partial charge in [0, 0.05) is 17.6 Å². The zero-order valence-electron chi connectivity index (χ0n) is 9.98. The lowest BCUT2D eigenvalue weighted by atomic mass is 9.89. The summed E-state index contributed by atoms with van der Waals surface area (Å²) in [5.74, 6) is -1.11. The fourth-order valence-corrected chi connectivity index (χ4v) is 3.21. The Morgan fingerprint density at radius 1 is 1.35 bits per heavy atom. The van der Waals surface area contributed by atoms with Crippen LogP contribution in [0, 0.1) is 5.92 Å². The minimum atomic E-state index is -0.757. The van der Waals surface area contributed by atoms with Crippen molar-refractivity contribution in [3.05, 3.63) is 0 Å². The molecule has 2 saturated heterocycles. The molecule has 0 aromatic rings. The number of hydrogen-bond acceptors (Lipinski definition) is 2. The van der Waals surface area contributed by atoms with Gasteiger partial charge in [-0.15, -0.1) is 0 Å². The zero-order valence-corrected chi connectivity index (χ0v) is 9.98. The van der Waals surface area contributed by atoms with Crippen molar-refractivity contribution in [3.63, 3.8) is 0 Å². The number of nitrogens with one attached hydrogen (secondary N) is 1. The highest BCUT2D eigenvalue weighted by molar-refractivity contribution is 5.80. The number of aliphatic carboxylic acids is 1. The SMILES string of the molecule is CC1(NC(=O)N2C3CCC2C(C(=O)O)C3)CC1. The van der Waals surface area contributed by atoms with Gasteiger partial charge in [-0.25, -0.2) is 4.79 Å². The summed E-state index contributed by atoms with van der Waals surface area (Å²) in [6.45, 7) is 2.04. The van der Waals surface area contributed by atoms with Crippen molar-refractivity contribution in [3.8, 4) is 0 Å². The van der Waals surface area contributed by atoms with Crippen molar-refractivity contribution in [2.75, 3.05) is 0 Å². The van der Waals surface area contributed by atoms with E-state index in [0.29, 0.717) is 6.42 Å². The van der Waals surface area contributed by atoms with Gasteiger partial charge in [0.05, 0.1) is 5.92 Å². The summed E-state index contributed by atoms with van der Waals surface area (Å²) in [5, 5.41) is 12.1. The molecule has 3 unspecified atom stereocenters. The molecule has 5 heteroatoms. The molecule has 0 spiro atoms. The molecule has 2 N–H and O–H groups in total. The Bertz CT molecular complexity index is 378. The molecule has 17 heavy (non-hydrogen) atoms. The molecule has 94 valence electrons. The van der Waals surface area contributed by atoms with Gasteiger partial charge in [0.15, 0.2) is 0 Å². The van der Waals surface area contributed by atoms with E-state index in [1.165, 1.54) is 0 Å². The number of nitrogens with zero attached hydrogens (tertiary/aromatic N) is 1. The van der Waals surface area contributed by atoms with E-state index in [-0.39, 0.29) is 29.6 Å². The van der Waals surface area contributed by atoms with Gasteiger partial charge in [-0.2, -0.15) is 0 Å². The maximum atomic E-state index is 12.2. The van der Waals surface area contributed by atoms with Gasteiger partial charge < -0.3 is 15.3 Å². The molecule has 0 aromatic carbocycles. The second-order valence-corrected chi connectivity index (χ2v) is 5.88. The maximum absolute atomic E-state index is 12.2. The molecule has 3 aliphatic rings. The molecule has 1 aliphatic carbocycles. The van der Waals surface area contributed by atoms with Crippen LogP contribution in [0.25, 0.3) is 0 Å². The second-order valence-electron chi connectivity index (χ2n) is 5.88. The Morgan fingerprint density at radius 3 is 2.59 bits per heavy atom. The van der Waals surface area contributed by atoms with Crippen LogP contribution in [0.3, 0.4) is 0 Å². The van der Waals surface area contributed by atoms with Crippen LogP contribution in [0.4, 0.5) is 4.79 Å². The molecular formula is C12H18N2O3. The predicted molar refractivity (Wildman–Crippen MR) is 60.6 cm³/mol. The Labute approximate surface area is 100 Å². The van der Waals surface area contributed by atoms with Crippen LogP contribution in [0.15, 0.2) is 0 Å². The summed E-state index contributed by atoms with van der Waals surface area (Å²) in [6.07, 6.45) is 4.49. The quantitative estimate of drug-likeness (QED) is 0.759. The fourth-order valence-electron chi connectivity index (χ4n) is 3.21. The molecule has 3 atom stereocenters. The average molecular weight is 238 g/mol. The highest BCUT2D eigenvalue weighted by Gasteiger charge is 2.52. The molecule has 2 aliphatic heterocycles. The molecule has 3 rings (SSSR count). The van der Waals surface area contributed by atoms with E-state index in [2.05, 4.69) is 5.32 Å². The number of carbonyl (C=O) groups is 2. The average Bonchev–Trinajstić information content (AvgIpc) is 2.77. The minimum Gasteiger partial charge on any atom is -0.481 e. The van der Waals surface area contributed by atoms with Crippen LogP contribution in [0.5, 0.6) is 0 Å². The maximum Gasteiger partial charge on any atom is 0.318 e. The summed E-state index contributed by atoms with van der Waals surface area (Å²) in [4.78, 5) is 25.0. The smallest absolute Gasteiger partial charge is 0.318 e. The summed E-state index contributed by atoms with van der Waals surface area (Å²) >= 11 is 0. The number of carbonyl (C=O) groups excluding carboxylic acids is 1. The van der Waals surface area contributed by atoms with Gasteiger partial charge in [-0.1, -0.05) is 0 Å². The van der Waals surface area contributed by atoms with Crippen LogP contribution in [-0.2, 0) is 4.79 Å². The third-order valence-corrected chi connectivity index (χ3v) is 4.50. The van der Waals surface area contributed by atoms with Gasteiger partial charge in [0.1, 0.15) is 0 Å². The number of urea groups is 1. The van der Waals surface area contributed by atoms with Crippen LogP contribution in [-0.4, -0.2) is 39.6 Å². The topological polar surface area (TPSA) is 69.6 Å². The van der Waals surface area contributed by atoms with Gasteiger partial charge >= 0.3 is 12.0 Å². The van der Waals surface area contributed by atoms with E-state index in [1.807, 2.05) is 6.92 Å². The molecule has 2 amide bonds. The van der Waals surface area contributed by atoms with E-state index in [0.717, 1.165) is 25.7 Å². The molecular weight excluding hydrogens is 220 g/mol. The van der Waals surface area contributed by atoms with Crippen molar-refractivity contribution in [2.24, 2.45) is 5.92 Å². The lowest BCUT2D eigenvalue weighted by Gasteiger charge is -2.25. The van der Waals surface area contributed by atoms with E-state index < -0.39 is 5.97 Å². The normalized spacial score (nSPS) is 37.0. The van der Waals surface area contributed by atoms with E-state index in [9.17, 15) is 9.59 Å². The lowest BCUT2D eigenvalue weighted by Crippen LogP contribution is -2.48. The molecule has 0 radical (unpaired) electrons. The largest absolute Gasteiger partial charge is 0.481 e. The van der Waals surface area contributed by atoms with Gasteiger partial charge in [0.25, 0.3) is 0 Å². The zero-order chi connectivity index (χ0) is 12.2. The van der Waals surface area contributed by atoms with Crippen molar-refractivity contribution < 1.29 is 14.7 Å². The summed E-state index contributed by atoms with van der Waals surface area (Å²) < 4.78 is 0. The Hall–Kier alpha value is -1.26. The number of carboxylic acid groups (broad SMARTS) is 1. The highest BCUT2D eigenvalue weighted by Crippen LogP contribution is 2.43. The van der Waals surface area contributed by atoms with Crippen molar-refractivity contribution in [2.45, 2.75) is 56.7 Å². The van der Waals surface area contributed by atoms with Gasteiger partial charge in [0.2, 0.25) is 0 Å². The van der Waals surface area contributed by atoms with Crippen molar-refractivity contribution >= 4 is 12.0 Å². The standard InChI is InChI=1S/C12H18N2O3/c1-12(4-5-12)13-11(17)14-7-2-3-9(14)8(6-7)10(15)16/h7-9H,2-6H2,1H3,(H,13,17)(H,15,16). The number of carboxylic acids is 1. The fraction of sp³-hybridized carbons (Fsp3) is 0.833. The highest BCUT2D eigenvalue weighted by atomic mass is 16.4. The first-order valence-electron chi connectivity index (χ1n) is 6.33. The minimum absolute atomic E-state index is 0.0299. The number of hydrogen-bond donors (Lipinski definition) is 2. The monoisotopic (exact) mass is 238 g/mol. The number of fused-ring (bicyclic) bond motifs is 2. The Balaban J connectivity index is 1.71. The van der Waals surface area contributed by atoms with E-state index in [1.54, 1.807) is 4.90 Å². The first kappa shape index (κ1) is 10.9. The third kappa shape index (κ3) is 1.68. The first-order valence-corrected chi connectivity index (χ1v) is 6.33. The molecule has 5 nitrogen and oxygen atoms in total. The second kappa shape index (κ2) is 3.37. The first-order chi connectivity index (χ1) is 8.00. The molecule has 1 saturated carbocycles. The molecule has 2 bridgehead atoms. The van der Waals surface area contributed by atoms with Crippen LogP contribution >= 0.6 is 0 Å². The molecule has 3 fully saturated rings. The van der Waals surface area contributed by atoms with Crippen molar-refractivity contribution in [1.29, 1.82) is 0 Å². The van der Waals surface area contributed by atoms with Crippen LogP contribution < -0.4 is 5.32 Å². The van der Waals surface area contributed by atoms with Crippen LogP contribution in [0.1, 0.15) is 39.0 Å². The van der Waals surface area contributed by atoms with Crippen LogP contribution in [0.2, 0.25) is 0 Å². The van der Waals surface area contributed by atoms with Gasteiger partial charge in [-0.3, -0.25) is 4.79 Å². The number of amides is 2. The van der Waals surface area contributed by atoms with E-state index >= 15 is 0 Å². The Morgan fingerprint density at radius 2 is 2.06 bits per heavy atom. The lowest BCUT2D eigenvalue weighted by molar-refractivity contribution is -0.142. The predicted octanol–water partition coefficient (Wildman–Crippen LogP) is 1.19. The molecule has 2 heterocycles. The molecule has 0 aromatic heterocycles.